The third-order valence-electron chi connectivity index (χ3n) is 6.71. The zero-order chi connectivity index (χ0) is 21.8. The Hall–Kier alpha value is -1.36. The molecule has 0 bridgehead atoms. The Morgan fingerprint density at radius 1 is 0.667 bits per heavy atom. The highest BCUT2D eigenvalue weighted by Crippen LogP contribution is 2.64. The van der Waals surface area contributed by atoms with E-state index in [1.165, 1.54) is 35.4 Å². The lowest BCUT2D eigenvalue weighted by atomic mass is 10.1. The Labute approximate surface area is 185 Å². The lowest BCUT2D eigenvalue weighted by Crippen LogP contribution is -2.30. The molecule has 0 saturated carbocycles. The van der Waals surface area contributed by atoms with Crippen molar-refractivity contribution in [2.75, 3.05) is 0 Å². The lowest BCUT2D eigenvalue weighted by Gasteiger charge is -2.45. The van der Waals surface area contributed by atoms with Crippen LogP contribution in [0.5, 0.6) is 0 Å². The SMILES string of the molecule is CCC(C)(C)P(Cc1ccccc1CP(c1ccc[nH]1)c1ccc[nH]1)C(C)(C)CC. The molecule has 0 spiro atoms. The summed E-state index contributed by atoms with van der Waals surface area (Å²) < 4.78 is 0. The van der Waals surface area contributed by atoms with Gasteiger partial charge in [0, 0.05) is 29.4 Å². The fraction of sp³-hybridized carbons (Fsp3) is 0.462. The average Bonchev–Trinajstić information content (AvgIpc) is 3.45. The molecular formula is C26H38N2P2. The van der Waals surface area contributed by atoms with Gasteiger partial charge in [0.1, 0.15) is 0 Å². The highest BCUT2D eigenvalue weighted by Gasteiger charge is 2.38. The van der Waals surface area contributed by atoms with Crippen LogP contribution in [0.15, 0.2) is 60.9 Å². The monoisotopic (exact) mass is 440 g/mol. The standard InChI is InChI=1S/C26H38N2P2/c1-7-25(3,4)30(26(5,6)8-2)20-22-14-10-9-13-21(22)19-29(23-15-11-17-27-23)24-16-12-18-28-24/h9-18,27-28H,7-8,19-20H2,1-6H3. The van der Waals surface area contributed by atoms with E-state index < -0.39 is 7.92 Å². The maximum Gasteiger partial charge on any atom is 0.0448 e. The molecule has 0 fully saturated rings. The van der Waals surface area contributed by atoms with Crippen LogP contribution in [-0.4, -0.2) is 20.3 Å². The van der Waals surface area contributed by atoms with Crippen molar-refractivity contribution in [2.45, 2.75) is 77.0 Å². The van der Waals surface area contributed by atoms with Gasteiger partial charge in [-0.1, -0.05) is 73.7 Å². The number of hydrogen-bond acceptors (Lipinski definition) is 0. The van der Waals surface area contributed by atoms with E-state index in [0.717, 1.165) is 6.16 Å². The smallest absolute Gasteiger partial charge is 0.0448 e. The van der Waals surface area contributed by atoms with Crippen LogP contribution in [0.2, 0.25) is 0 Å². The zero-order valence-corrected chi connectivity index (χ0v) is 21.3. The van der Waals surface area contributed by atoms with Crippen LogP contribution in [0.1, 0.15) is 65.5 Å². The first-order chi connectivity index (χ1) is 14.3. The molecule has 1 aromatic carbocycles. The lowest BCUT2D eigenvalue weighted by molar-refractivity contribution is 0.601. The van der Waals surface area contributed by atoms with Crippen LogP contribution >= 0.6 is 15.8 Å². The van der Waals surface area contributed by atoms with Gasteiger partial charge in [-0.3, -0.25) is 0 Å². The first kappa shape index (κ1) is 23.3. The normalized spacial score (nSPS) is 12.8. The van der Waals surface area contributed by atoms with Gasteiger partial charge in [0.15, 0.2) is 0 Å². The Bertz CT molecular complexity index is 845. The van der Waals surface area contributed by atoms with E-state index in [-0.39, 0.29) is 7.92 Å². The zero-order valence-electron chi connectivity index (χ0n) is 19.5. The summed E-state index contributed by atoms with van der Waals surface area (Å²) in [5.41, 5.74) is 5.75. The topological polar surface area (TPSA) is 31.6 Å². The predicted octanol–water partition coefficient (Wildman–Crippen LogP) is 7.33. The minimum atomic E-state index is -0.462. The molecule has 0 aliphatic heterocycles. The van der Waals surface area contributed by atoms with E-state index in [4.69, 9.17) is 0 Å². The Morgan fingerprint density at radius 3 is 1.53 bits per heavy atom. The molecule has 30 heavy (non-hydrogen) atoms. The molecule has 2 aromatic heterocycles. The van der Waals surface area contributed by atoms with Gasteiger partial charge in [-0.25, -0.2) is 0 Å². The summed E-state index contributed by atoms with van der Waals surface area (Å²) in [5, 5.41) is 0.761. The molecule has 0 aliphatic rings. The van der Waals surface area contributed by atoms with Gasteiger partial charge in [-0.2, -0.15) is 0 Å². The van der Waals surface area contributed by atoms with Crippen LogP contribution in [0, 0.1) is 0 Å². The third-order valence-corrected chi connectivity index (χ3v) is 13.3. The second-order valence-corrected chi connectivity index (χ2v) is 15.1. The molecule has 4 heteroatoms. The minimum absolute atomic E-state index is 0.163. The molecule has 0 atom stereocenters. The number of aromatic amines is 2. The highest BCUT2D eigenvalue weighted by molar-refractivity contribution is 7.71. The Morgan fingerprint density at radius 2 is 1.13 bits per heavy atom. The van der Waals surface area contributed by atoms with Crippen molar-refractivity contribution in [2.24, 2.45) is 0 Å². The minimum Gasteiger partial charge on any atom is -0.361 e. The number of H-pyrrole nitrogens is 2. The molecule has 2 nitrogen and oxygen atoms in total. The fourth-order valence-electron chi connectivity index (χ4n) is 4.11. The summed E-state index contributed by atoms with van der Waals surface area (Å²) >= 11 is 0. The molecule has 162 valence electrons. The summed E-state index contributed by atoms with van der Waals surface area (Å²) in [6, 6.07) is 17.9. The van der Waals surface area contributed by atoms with E-state index in [1.54, 1.807) is 5.56 Å². The van der Waals surface area contributed by atoms with Crippen LogP contribution in [0.25, 0.3) is 0 Å². The summed E-state index contributed by atoms with van der Waals surface area (Å²) in [6.07, 6.45) is 8.86. The van der Waals surface area contributed by atoms with Gasteiger partial charge in [0.2, 0.25) is 0 Å². The number of benzene rings is 1. The molecule has 2 heterocycles. The van der Waals surface area contributed by atoms with Gasteiger partial charge in [-0.15, -0.1) is 0 Å². The Balaban J connectivity index is 1.95. The van der Waals surface area contributed by atoms with Crippen molar-refractivity contribution in [3.8, 4) is 0 Å². The molecule has 0 aliphatic carbocycles. The summed E-state index contributed by atoms with van der Waals surface area (Å²) in [7, 11) is -0.625. The second kappa shape index (κ2) is 9.84. The van der Waals surface area contributed by atoms with E-state index >= 15 is 0 Å². The molecule has 3 rings (SSSR count). The van der Waals surface area contributed by atoms with Crippen LogP contribution < -0.4 is 10.9 Å². The van der Waals surface area contributed by atoms with Gasteiger partial charge in [0.05, 0.1) is 0 Å². The van der Waals surface area contributed by atoms with Crippen molar-refractivity contribution in [1.82, 2.24) is 9.97 Å². The van der Waals surface area contributed by atoms with Crippen LogP contribution in [0.4, 0.5) is 0 Å². The molecule has 2 N–H and O–H groups in total. The van der Waals surface area contributed by atoms with Crippen LogP contribution in [-0.2, 0) is 12.3 Å². The molecular weight excluding hydrogens is 402 g/mol. The van der Waals surface area contributed by atoms with Gasteiger partial charge in [-0.05, 0) is 72.6 Å². The molecule has 0 saturated heterocycles. The molecule has 0 unspecified atom stereocenters. The van der Waals surface area contributed by atoms with E-state index in [0.29, 0.717) is 10.3 Å². The fourth-order valence-corrected chi connectivity index (χ4v) is 10.3. The van der Waals surface area contributed by atoms with Crippen molar-refractivity contribution >= 4 is 26.7 Å². The first-order valence-corrected chi connectivity index (χ1v) is 14.2. The third kappa shape index (κ3) is 5.27. The number of rotatable bonds is 10. The van der Waals surface area contributed by atoms with E-state index in [9.17, 15) is 0 Å². The maximum atomic E-state index is 3.49. The highest BCUT2D eigenvalue weighted by atomic mass is 31.1. The summed E-state index contributed by atoms with van der Waals surface area (Å²) in [6.45, 7) is 14.7. The van der Waals surface area contributed by atoms with E-state index in [1.807, 2.05) is 12.4 Å². The van der Waals surface area contributed by atoms with E-state index in [2.05, 4.69) is 100 Å². The summed E-state index contributed by atoms with van der Waals surface area (Å²) in [5.74, 6) is 0. The number of aromatic nitrogens is 2. The summed E-state index contributed by atoms with van der Waals surface area (Å²) in [4.78, 5) is 6.97. The molecule has 3 aromatic rings. The second-order valence-electron chi connectivity index (χ2n) is 9.38. The van der Waals surface area contributed by atoms with Gasteiger partial charge < -0.3 is 9.97 Å². The van der Waals surface area contributed by atoms with Crippen molar-refractivity contribution in [3.05, 3.63) is 72.1 Å². The number of hydrogen-bond donors (Lipinski definition) is 2. The van der Waals surface area contributed by atoms with Crippen molar-refractivity contribution in [1.29, 1.82) is 0 Å². The number of nitrogens with one attached hydrogen (secondary N) is 2. The van der Waals surface area contributed by atoms with Gasteiger partial charge >= 0.3 is 0 Å². The molecule has 0 radical (unpaired) electrons. The van der Waals surface area contributed by atoms with Crippen molar-refractivity contribution in [3.63, 3.8) is 0 Å². The predicted molar refractivity (Wildman–Crippen MR) is 137 cm³/mol. The molecule has 0 amide bonds. The Kier molecular flexibility index (Phi) is 7.65. The quantitative estimate of drug-likeness (QED) is 0.309. The maximum absolute atomic E-state index is 3.49. The van der Waals surface area contributed by atoms with Gasteiger partial charge in [0.25, 0.3) is 0 Å². The first-order valence-electron chi connectivity index (χ1n) is 11.2. The largest absolute Gasteiger partial charge is 0.361 e. The van der Waals surface area contributed by atoms with Crippen molar-refractivity contribution < 1.29 is 0 Å². The average molecular weight is 441 g/mol. The van der Waals surface area contributed by atoms with Crippen LogP contribution in [0.3, 0.4) is 0 Å².